The third-order valence-electron chi connectivity index (χ3n) is 10.8. The van der Waals surface area contributed by atoms with E-state index >= 15 is 0 Å². The Balaban J connectivity index is 1.42. The molecular weight excluding hydrogens is 600 g/mol. The van der Waals surface area contributed by atoms with Crippen LogP contribution in [-0.4, -0.2) is 59.3 Å². The molecule has 1 saturated carbocycles. The lowest BCUT2D eigenvalue weighted by molar-refractivity contribution is -0.115. The summed E-state index contributed by atoms with van der Waals surface area (Å²) >= 11 is 6.40. The molecule has 4 aliphatic rings. The minimum atomic E-state index is -4.04. The second kappa shape index (κ2) is 12.6. The van der Waals surface area contributed by atoms with Crippen LogP contribution in [0.2, 0.25) is 5.02 Å². The van der Waals surface area contributed by atoms with Crippen LogP contribution < -0.4 is 14.4 Å². The number of methoxy groups -OCH3 is 1. The summed E-state index contributed by atoms with van der Waals surface area (Å²) in [5.74, 6) is 0.321. The molecule has 1 unspecified atom stereocenters. The average Bonchev–Trinajstić information content (AvgIpc) is 3.13. The van der Waals surface area contributed by atoms with Crippen molar-refractivity contribution in [2.75, 3.05) is 38.3 Å². The Bertz CT molecular complexity index is 1520. The number of anilines is 1. The van der Waals surface area contributed by atoms with Crippen molar-refractivity contribution in [3.8, 4) is 5.75 Å². The molecule has 1 fully saturated rings. The Morgan fingerprint density at radius 1 is 1.14 bits per heavy atom. The van der Waals surface area contributed by atoms with E-state index in [1.54, 1.807) is 18.2 Å². The van der Waals surface area contributed by atoms with Crippen LogP contribution in [0.5, 0.6) is 5.75 Å². The van der Waals surface area contributed by atoms with Crippen LogP contribution in [0.25, 0.3) is 0 Å². The molecule has 2 heterocycles. The van der Waals surface area contributed by atoms with Crippen molar-refractivity contribution in [1.82, 2.24) is 4.72 Å². The largest absolute Gasteiger partial charge is 0.490 e. The molecule has 44 heavy (non-hydrogen) atoms. The minimum absolute atomic E-state index is 0.0217. The SMILES string of the molecule is COC[C@H]1[C@@H](C)CCCC(C=O)[C@@H]2CC[C@H]2CN2C[C@@]3(CCCc4cc(Cl)ccc43)COc3ccc(cc32)C(=O)NS1(=O)=O. The third kappa shape index (κ3) is 5.99. The molecule has 0 radical (unpaired) electrons. The molecule has 2 aromatic rings. The quantitative estimate of drug-likeness (QED) is 0.438. The Labute approximate surface area is 265 Å². The first-order chi connectivity index (χ1) is 21.1. The molecule has 238 valence electrons. The van der Waals surface area contributed by atoms with Crippen molar-refractivity contribution in [2.24, 2.45) is 23.7 Å². The molecule has 0 saturated heterocycles. The first kappa shape index (κ1) is 31.4. The van der Waals surface area contributed by atoms with E-state index in [1.165, 1.54) is 18.2 Å². The van der Waals surface area contributed by atoms with Gasteiger partial charge < -0.3 is 19.2 Å². The number of halogens is 1. The fraction of sp³-hybridized carbons (Fsp3) is 0.588. The van der Waals surface area contributed by atoms with Crippen molar-refractivity contribution in [1.29, 1.82) is 0 Å². The molecule has 2 bridgehead atoms. The van der Waals surface area contributed by atoms with Crippen LogP contribution in [0.15, 0.2) is 36.4 Å². The number of hydrogen-bond donors (Lipinski definition) is 1. The zero-order valence-corrected chi connectivity index (χ0v) is 27.2. The normalized spacial score (nSPS) is 31.8. The molecule has 1 amide bonds. The highest BCUT2D eigenvalue weighted by Gasteiger charge is 2.45. The number of aldehydes is 1. The zero-order chi connectivity index (χ0) is 31.1. The van der Waals surface area contributed by atoms with Crippen molar-refractivity contribution in [3.05, 3.63) is 58.1 Å². The number of carbonyl (C=O) groups is 2. The Morgan fingerprint density at radius 3 is 2.73 bits per heavy atom. The summed E-state index contributed by atoms with van der Waals surface area (Å²) in [7, 11) is -2.57. The molecule has 1 spiro atoms. The van der Waals surface area contributed by atoms with E-state index < -0.39 is 21.2 Å². The number of rotatable bonds is 3. The molecule has 6 atom stereocenters. The maximum absolute atomic E-state index is 13.5. The van der Waals surface area contributed by atoms with Gasteiger partial charge in [0.15, 0.2) is 0 Å². The second-order valence-electron chi connectivity index (χ2n) is 13.5. The van der Waals surface area contributed by atoms with Crippen LogP contribution >= 0.6 is 11.6 Å². The lowest BCUT2D eigenvalue weighted by Gasteiger charge is -2.46. The van der Waals surface area contributed by atoms with Gasteiger partial charge in [-0.25, -0.2) is 13.1 Å². The molecule has 2 aliphatic heterocycles. The van der Waals surface area contributed by atoms with E-state index in [1.807, 2.05) is 13.0 Å². The van der Waals surface area contributed by atoms with Gasteiger partial charge >= 0.3 is 0 Å². The van der Waals surface area contributed by atoms with Gasteiger partial charge in [0.25, 0.3) is 5.91 Å². The Morgan fingerprint density at radius 2 is 1.98 bits per heavy atom. The van der Waals surface area contributed by atoms with E-state index in [9.17, 15) is 18.0 Å². The molecule has 2 aromatic carbocycles. The number of ether oxygens (including phenoxy) is 2. The van der Waals surface area contributed by atoms with Crippen molar-refractivity contribution in [2.45, 2.75) is 69.0 Å². The summed E-state index contributed by atoms with van der Waals surface area (Å²) in [6.45, 7) is 3.79. The van der Waals surface area contributed by atoms with Crippen molar-refractivity contribution in [3.63, 3.8) is 0 Å². The number of fused-ring (bicyclic) bond motifs is 4. The monoisotopic (exact) mass is 642 g/mol. The van der Waals surface area contributed by atoms with Gasteiger partial charge in [-0.3, -0.25) is 4.79 Å². The maximum Gasteiger partial charge on any atom is 0.264 e. The zero-order valence-electron chi connectivity index (χ0n) is 25.6. The van der Waals surface area contributed by atoms with Gasteiger partial charge in [-0.2, -0.15) is 0 Å². The second-order valence-corrected chi connectivity index (χ2v) is 15.8. The fourth-order valence-electron chi connectivity index (χ4n) is 8.16. The molecule has 1 N–H and O–H groups in total. The van der Waals surface area contributed by atoms with Crippen LogP contribution in [0.3, 0.4) is 0 Å². The number of nitrogens with one attached hydrogen (secondary N) is 1. The van der Waals surface area contributed by atoms with Crippen LogP contribution in [0.4, 0.5) is 5.69 Å². The minimum Gasteiger partial charge on any atom is -0.490 e. The molecule has 8 nitrogen and oxygen atoms in total. The lowest BCUT2D eigenvalue weighted by atomic mass is 9.65. The molecule has 2 aliphatic carbocycles. The van der Waals surface area contributed by atoms with Gasteiger partial charge in [0, 0.05) is 42.1 Å². The average molecular weight is 643 g/mol. The van der Waals surface area contributed by atoms with E-state index in [2.05, 4.69) is 21.8 Å². The summed E-state index contributed by atoms with van der Waals surface area (Å²) in [5, 5.41) is -0.163. The Kier molecular flexibility index (Phi) is 9.01. The van der Waals surface area contributed by atoms with Gasteiger partial charge in [-0.1, -0.05) is 31.0 Å². The predicted molar refractivity (Wildman–Crippen MR) is 171 cm³/mol. The van der Waals surface area contributed by atoms with E-state index in [0.29, 0.717) is 31.2 Å². The first-order valence-corrected chi connectivity index (χ1v) is 17.9. The number of benzene rings is 2. The molecule has 0 aromatic heterocycles. The third-order valence-corrected chi connectivity index (χ3v) is 12.9. The van der Waals surface area contributed by atoms with Gasteiger partial charge in [0.05, 0.1) is 18.9 Å². The number of nitrogens with zero attached hydrogens (tertiary/aromatic N) is 1. The van der Waals surface area contributed by atoms with Crippen molar-refractivity contribution >= 4 is 39.5 Å². The van der Waals surface area contributed by atoms with Gasteiger partial charge in [0.2, 0.25) is 10.0 Å². The standard InChI is InChI=1S/C34H43ClN2O6S/c1-22-5-3-6-26(18-38)28-11-8-25(28)17-37-20-34(14-4-7-23-15-27(35)10-12-29(23)34)21-43-31-13-9-24(16-30(31)37)33(39)36-44(40,41)32(22)19-42-2/h9-10,12-13,15-16,18,22,25-26,28,32H,3-8,11,14,17,19-21H2,1-2H3,(H,36,39)/t22-,25-,26?,28+,32-,34-/m0/s1. The fourth-order valence-corrected chi connectivity index (χ4v) is 9.94. The predicted octanol–water partition coefficient (Wildman–Crippen LogP) is 5.55. The number of sulfonamides is 1. The van der Waals surface area contributed by atoms with Crippen LogP contribution in [0, 0.1) is 23.7 Å². The van der Waals surface area contributed by atoms with E-state index in [-0.39, 0.29) is 35.3 Å². The highest BCUT2D eigenvalue weighted by atomic mass is 35.5. The smallest absolute Gasteiger partial charge is 0.264 e. The maximum atomic E-state index is 13.5. The van der Waals surface area contributed by atoms with E-state index in [0.717, 1.165) is 68.5 Å². The topological polar surface area (TPSA) is 102 Å². The molecule has 6 rings (SSSR count). The highest BCUT2D eigenvalue weighted by Crippen LogP contribution is 2.47. The Hall–Kier alpha value is -2.62. The van der Waals surface area contributed by atoms with Gasteiger partial charge in [0.1, 0.15) is 17.3 Å². The number of hydrogen-bond acceptors (Lipinski definition) is 7. The lowest BCUT2D eigenvalue weighted by Crippen LogP contribution is -2.49. The number of amides is 1. The molecule has 10 heteroatoms. The summed E-state index contributed by atoms with van der Waals surface area (Å²) < 4.78 is 41.2. The summed E-state index contributed by atoms with van der Waals surface area (Å²) in [6, 6.07) is 11.4. The highest BCUT2D eigenvalue weighted by molar-refractivity contribution is 7.90. The summed E-state index contributed by atoms with van der Waals surface area (Å²) in [6.07, 6.45) is 8.21. The number of aryl methyl sites for hydroxylation is 1. The van der Waals surface area contributed by atoms with Crippen molar-refractivity contribution < 1.29 is 27.5 Å². The summed E-state index contributed by atoms with van der Waals surface area (Å²) in [4.78, 5) is 28.2. The first-order valence-electron chi connectivity index (χ1n) is 15.9. The van der Waals surface area contributed by atoms with E-state index in [4.69, 9.17) is 21.1 Å². The molecular formula is C34H43ClN2O6S. The number of carbonyl (C=O) groups excluding carboxylic acids is 2. The summed E-state index contributed by atoms with van der Waals surface area (Å²) in [5.41, 5.74) is 3.29. The van der Waals surface area contributed by atoms with Crippen LogP contribution in [-0.2, 0) is 31.4 Å². The van der Waals surface area contributed by atoms with Crippen LogP contribution in [0.1, 0.15) is 73.4 Å². The van der Waals surface area contributed by atoms with Gasteiger partial charge in [-0.05, 0) is 104 Å². The van der Waals surface area contributed by atoms with Gasteiger partial charge in [-0.15, -0.1) is 0 Å².